The topological polar surface area (TPSA) is 61.7 Å². The molecular weight excluding hydrogens is 735 g/mol. The lowest BCUT2D eigenvalue weighted by Gasteiger charge is -2.26. The zero-order chi connectivity index (χ0) is 39.7. The minimum Gasteiger partial charge on any atom is -0.456 e. The van der Waals surface area contributed by atoms with Gasteiger partial charge < -0.3 is 8.98 Å². The van der Waals surface area contributed by atoms with E-state index in [1.807, 2.05) is 18.2 Å². The van der Waals surface area contributed by atoms with Gasteiger partial charge in [0.05, 0.1) is 22.1 Å². The molecule has 0 fully saturated rings. The molecule has 0 saturated carbocycles. The summed E-state index contributed by atoms with van der Waals surface area (Å²) in [4.78, 5) is 15.7. The molecule has 60 heavy (non-hydrogen) atoms. The van der Waals surface area contributed by atoms with E-state index >= 15 is 0 Å². The summed E-state index contributed by atoms with van der Waals surface area (Å²) in [6, 6.07) is 53.5. The average molecular weight is 772 g/mol. The van der Waals surface area contributed by atoms with E-state index in [0.29, 0.717) is 17.6 Å². The molecule has 0 unspecified atom stereocenters. The van der Waals surface area contributed by atoms with E-state index < -0.39 is 0 Å². The number of aromatic nitrogens is 5. The number of hydrogen-bond donors (Lipinski definition) is 0. The molecule has 284 valence electrons. The fraction of sp³-hybridized carbons (Fsp3) is 0.0926. The van der Waals surface area contributed by atoms with Gasteiger partial charge in [-0.05, 0) is 96.3 Å². The van der Waals surface area contributed by atoms with Crippen LogP contribution in [0, 0.1) is 0 Å². The van der Waals surface area contributed by atoms with Crippen LogP contribution in [-0.4, -0.2) is 24.1 Å². The molecule has 2 aliphatic carbocycles. The van der Waals surface area contributed by atoms with Crippen molar-refractivity contribution in [3.8, 4) is 34.4 Å². The molecule has 13 rings (SSSR count). The number of fused-ring (bicyclic) bond motifs is 12. The van der Waals surface area contributed by atoms with Crippen LogP contribution in [-0.2, 0) is 5.41 Å². The van der Waals surface area contributed by atoms with E-state index in [4.69, 9.17) is 19.4 Å². The second-order valence-electron chi connectivity index (χ2n) is 16.7. The highest BCUT2D eigenvalue weighted by Gasteiger charge is 2.39. The molecule has 7 aromatic carbocycles. The summed E-state index contributed by atoms with van der Waals surface area (Å²) < 4.78 is 10.9. The molecule has 0 aliphatic heterocycles. The van der Waals surface area contributed by atoms with Gasteiger partial charge >= 0.3 is 0 Å². The maximum absolute atomic E-state index is 6.33. The maximum atomic E-state index is 6.33. The predicted molar refractivity (Wildman–Crippen MR) is 245 cm³/mol. The Kier molecular flexibility index (Phi) is 6.81. The fourth-order valence-corrected chi connectivity index (χ4v) is 10.4. The highest BCUT2D eigenvalue weighted by atomic mass is 16.3. The molecule has 0 N–H and O–H groups in total. The van der Waals surface area contributed by atoms with Crippen LogP contribution in [0.4, 0.5) is 0 Å². The highest BCUT2D eigenvalue weighted by molar-refractivity contribution is 6.14. The first-order valence-electron chi connectivity index (χ1n) is 20.8. The molecule has 0 bridgehead atoms. The molecule has 4 heterocycles. The number of nitrogens with zero attached hydrogens (tertiary/aromatic N) is 5. The zero-order valence-electron chi connectivity index (χ0n) is 33.1. The highest BCUT2D eigenvalue weighted by Crippen LogP contribution is 2.54. The van der Waals surface area contributed by atoms with Crippen molar-refractivity contribution in [3.63, 3.8) is 0 Å². The Hall–Kier alpha value is -7.57. The van der Waals surface area contributed by atoms with Gasteiger partial charge in [-0.3, -0.25) is 4.57 Å². The number of furan rings is 1. The van der Waals surface area contributed by atoms with Crippen LogP contribution in [0.3, 0.4) is 0 Å². The number of benzene rings is 7. The molecule has 2 aliphatic rings. The van der Waals surface area contributed by atoms with Crippen LogP contribution in [0.2, 0.25) is 0 Å². The van der Waals surface area contributed by atoms with Crippen LogP contribution in [0.1, 0.15) is 37.8 Å². The van der Waals surface area contributed by atoms with Crippen molar-refractivity contribution in [1.82, 2.24) is 24.1 Å². The monoisotopic (exact) mass is 771 g/mol. The molecule has 6 heteroatoms. The van der Waals surface area contributed by atoms with Gasteiger partial charge in [-0.2, -0.15) is 9.97 Å². The molecule has 4 aromatic heterocycles. The third-order valence-corrected chi connectivity index (χ3v) is 13.1. The van der Waals surface area contributed by atoms with Gasteiger partial charge in [0.15, 0.2) is 11.6 Å². The van der Waals surface area contributed by atoms with Crippen LogP contribution < -0.4 is 0 Å². The summed E-state index contributed by atoms with van der Waals surface area (Å²) in [5.41, 5.74) is 14.7. The van der Waals surface area contributed by atoms with Gasteiger partial charge in [0, 0.05) is 54.5 Å². The van der Waals surface area contributed by atoms with Crippen molar-refractivity contribution in [3.05, 3.63) is 181 Å². The summed E-state index contributed by atoms with van der Waals surface area (Å²) in [6.07, 6.45) is 6.90. The smallest absolute Gasteiger partial charge is 0.238 e. The van der Waals surface area contributed by atoms with Gasteiger partial charge in [0.2, 0.25) is 5.95 Å². The molecular formula is C54H37N5O. The summed E-state index contributed by atoms with van der Waals surface area (Å²) in [6.45, 7) is 4.83. The van der Waals surface area contributed by atoms with Crippen molar-refractivity contribution in [2.45, 2.75) is 32.1 Å². The van der Waals surface area contributed by atoms with Crippen molar-refractivity contribution in [2.24, 2.45) is 0 Å². The summed E-state index contributed by atoms with van der Waals surface area (Å²) in [5, 5.41) is 7.08. The van der Waals surface area contributed by atoms with Gasteiger partial charge in [0.25, 0.3) is 0 Å². The van der Waals surface area contributed by atoms with E-state index in [0.717, 1.165) is 73.4 Å². The number of hydrogen-bond acceptors (Lipinski definition) is 4. The van der Waals surface area contributed by atoms with Gasteiger partial charge in [-0.15, -0.1) is 0 Å². The van der Waals surface area contributed by atoms with Gasteiger partial charge in [-0.25, -0.2) is 4.98 Å². The zero-order valence-corrected chi connectivity index (χ0v) is 33.1. The standard InChI is InChI=1S/C54H37N5O/c1-54(2)42-18-8-3-13-35(42)40-29-30-46-49(50(40)54)41-17-6-11-21-45(41)58(46)34-26-23-32(24-27-34)51-55-52(33-25-28-39-38-16-7-12-22-47(38)60-48(39)31-33)57-53(56-51)59-43-19-9-4-14-36(43)37-15-5-10-20-44(37)59/h3-7,9-17,19-31H,8,18H2,1-2H3. The Morgan fingerprint density at radius 1 is 0.533 bits per heavy atom. The second kappa shape index (κ2) is 12.2. The Labute approximate surface area is 345 Å². The number of para-hydroxylation sites is 4. The van der Waals surface area contributed by atoms with Crippen molar-refractivity contribution in [2.75, 3.05) is 0 Å². The molecule has 0 spiro atoms. The van der Waals surface area contributed by atoms with Gasteiger partial charge in [0.1, 0.15) is 11.2 Å². The van der Waals surface area contributed by atoms with Crippen LogP contribution >= 0.6 is 0 Å². The molecule has 0 radical (unpaired) electrons. The van der Waals surface area contributed by atoms with Gasteiger partial charge in [-0.1, -0.05) is 117 Å². The summed E-state index contributed by atoms with van der Waals surface area (Å²) in [5.74, 6) is 1.74. The van der Waals surface area contributed by atoms with Crippen LogP contribution in [0.5, 0.6) is 0 Å². The molecule has 6 nitrogen and oxygen atoms in total. The minimum absolute atomic E-state index is 0.0485. The SMILES string of the molecule is CC1(C)C2=C(C=CCC2)c2ccc3c(c21)c1ccccc1n3-c1ccc(-c2nc(-c3ccc4c(c3)oc3ccccc34)nc(-n3c4ccccc4c4ccccc43)n2)cc1. The van der Waals surface area contributed by atoms with Crippen LogP contribution in [0.25, 0.3) is 106 Å². The van der Waals surface area contributed by atoms with E-state index in [2.05, 4.69) is 169 Å². The molecule has 11 aromatic rings. The minimum atomic E-state index is -0.0485. The first-order valence-corrected chi connectivity index (χ1v) is 20.8. The van der Waals surface area contributed by atoms with Crippen molar-refractivity contribution >= 4 is 71.1 Å². The lowest BCUT2D eigenvalue weighted by atomic mass is 9.77. The predicted octanol–water partition coefficient (Wildman–Crippen LogP) is 13.7. The number of rotatable bonds is 4. The van der Waals surface area contributed by atoms with E-state index in [9.17, 15) is 0 Å². The molecule has 0 saturated heterocycles. The first-order chi connectivity index (χ1) is 29.5. The Bertz CT molecular complexity index is 3630. The third-order valence-electron chi connectivity index (χ3n) is 13.1. The lowest BCUT2D eigenvalue weighted by molar-refractivity contribution is 0.612. The lowest BCUT2D eigenvalue weighted by Crippen LogP contribution is -2.18. The summed E-state index contributed by atoms with van der Waals surface area (Å²) >= 11 is 0. The van der Waals surface area contributed by atoms with E-state index in [1.165, 1.54) is 38.5 Å². The van der Waals surface area contributed by atoms with Crippen LogP contribution in [0.15, 0.2) is 174 Å². The molecule has 0 amide bonds. The number of allylic oxidation sites excluding steroid dienone is 4. The second-order valence-corrected chi connectivity index (χ2v) is 16.7. The normalized spacial score (nSPS) is 14.7. The van der Waals surface area contributed by atoms with Crippen molar-refractivity contribution in [1.29, 1.82) is 0 Å². The fourth-order valence-electron chi connectivity index (χ4n) is 10.4. The maximum Gasteiger partial charge on any atom is 0.238 e. The van der Waals surface area contributed by atoms with E-state index in [-0.39, 0.29) is 5.41 Å². The molecule has 0 atom stereocenters. The Morgan fingerprint density at radius 2 is 1.15 bits per heavy atom. The third kappa shape index (κ3) is 4.61. The quantitative estimate of drug-likeness (QED) is 0.179. The summed E-state index contributed by atoms with van der Waals surface area (Å²) in [7, 11) is 0. The van der Waals surface area contributed by atoms with E-state index in [1.54, 1.807) is 5.57 Å². The Balaban J connectivity index is 0.994. The largest absolute Gasteiger partial charge is 0.456 e. The Morgan fingerprint density at radius 3 is 1.90 bits per heavy atom. The van der Waals surface area contributed by atoms with Crippen molar-refractivity contribution < 1.29 is 4.42 Å². The first kappa shape index (κ1) is 33.4. The average Bonchev–Trinajstić information content (AvgIpc) is 4.01.